The van der Waals surface area contributed by atoms with Crippen LogP contribution < -0.4 is 10.1 Å². The predicted molar refractivity (Wildman–Crippen MR) is 86.1 cm³/mol. The fraction of sp³-hybridized carbons (Fsp3) is 0.529. The third kappa shape index (κ3) is 4.96. The van der Waals surface area contributed by atoms with Crippen LogP contribution in [0.4, 0.5) is 0 Å². The molecule has 1 aromatic rings. The second-order valence-corrected chi connectivity index (χ2v) is 5.85. The number of ether oxygens (including phenoxy) is 1. The van der Waals surface area contributed by atoms with Crippen molar-refractivity contribution in [2.75, 3.05) is 20.2 Å². The third-order valence-electron chi connectivity index (χ3n) is 4.15. The number of hydrogen-bond acceptors (Lipinski definition) is 4. The van der Waals surface area contributed by atoms with E-state index in [4.69, 9.17) is 4.74 Å². The van der Waals surface area contributed by atoms with Gasteiger partial charge in [-0.15, -0.1) is 0 Å². The summed E-state index contributed by atoms with van der Waals surface area (Å²) >= 11 is 0. The fourth-order valence-corrected chi connectivity index (χ4v) is 2.75. The monoisotopic (exact) mass is 320 g/mol. The molecule has 0 bridgehead atoms. The number of methoxy groups -OCH3 is 1. The van der Waals surface area contributed by atoms with Gasteiger partial charge in [0.15, 0.2) is 0 Å². The maximum Gasteiger partial charge on any atom is 0.220 e. The molecule has 1 fully saturated rings. The summed E-state index contributed by atoms with van der Waals surface area (Å²) in [7, 11) is 1.61. The molecule has 2 N–H and O–H groups in total. The van der Waals surface area contributed by atoms with Crippen molar-refractivity contribution in [1.82, 2.24) is 10.2 Å². The van der Waals surface area contributed by atoms with Gasteiger partial charge in [0.05, 0.1) is 19.3 Å². The summed E-state index contributed by atoms with van der Waals surface area (Å²) in [6.07, 6.45) is 0.831. The van der Waals surface area contributed by atoms with E-state index in [0.29, 0.717) is 25.8 Å². The third-order valence-corrected chi connectivity index (χ3v) is 4.15. The molecule has 6 nitrogen and oxygen atoms in total. The molecule has 2 atom stereocenters. The van der Waals surface area contributed by atoms with E-state index in [1.165, 1.54) is 6.92 Å². The highest BCUT2D eigenvalue weighted by Gasteiger charge is 2.29. The van der Waals surface area contributed by atoms with Crippen molar-refractivity contribution in [3.05, 3.63) is 29.8 Å². The lowest BCUT2D eigenvalue weighted by atomic mass is 10.0. The molecule has 2 rings (SSSR count). The van der Waals surface area contributed by atoms with Crippen molar-refractivity contribution < 1.29 is 19.4 Å². The van der Waals surface area contributed by atoms with Crippen LogP contribution in [0.5, 0.6) is 5.75 Å². The van der Waals surface area contributed by atoms with E-state index >= 15 is 0 Å². The van der Waals surface area contributed by atoms with Crippen molar-refractivity contribution >= 4 is 11.8 Å². The number of carbonyl (C=O) groups is 2. The molecular formula is C17H24N2O4. The van der Waals surface area contributed by atoms with Crippen molar-refractivity contribution in [3.8, 4) is 5.75 Å². The number of piperidine rings is 1. The van der Waals surface area contributed by atoms with Gasteiger partial charge in [-0.1, -0.05) is 12.1 Å². The highest BCUT2D eigenvalue weighted by atomic mass is 16.5. The van der Waals surface area contributed by atoms with Crippen molar-refractivity contribution in [3.63, 3.8) is 0 Å². The van der Waals surface area contributed by atoms with E-state index in [1.54, 1.807) is 12.0 Å². The van der Waals surface area contributed by atoms with Crippen molar-refractivity contribution in [1.29, 1.82) is 0 Å². The summed E-state index contributed by atoms with van der Waals surface area (Å²) in [4.78, 5) is 25.0. The number of amides is 2. The molecule has 0 saturated carbocycles. The first-order valence-electron chi connectivity index (χ1n) is 7.85. The van der Waals surface area contributed by atoms with Gasteiger partial charge in [0.1, 0.15) is 5.75 Å². The number of rotatable bonds is 5. The standard InChI is InChI=1S/C17H24N2O4/c1-12(20)19-9-8-15(16(21)11-19)18-17(22)7-6-13-4-3-5-14(10-13)23-2/h3-5,10,15-16,21H,6-9,11H2,1-2H3,(H,18,22)/t15-,16-/m1/s1. The average molecular weight is 320 g/mol. The largest absolute Gasteiger partial charge is 0.497 e. The lowest BCUT2D eigenvalue weighted by Crippen LogP contribution is -2.55. The van der Waals surface area contributed by atoms with Gasteiger partial charge in [-0.3, -0.25) is 9.59 Å². The van der Waals surface area contributed by atoms with Crippen LogP contribution in [0.2, 0.25) is 0 Å². The normalized spacial score (nSPS) is 20.9. The van der Waals surface area contributed by atoms with Gasteiger partial charge >= 0.3 is 0 Å². The Balaban J connectivity index is 1.79. The van der Waals surface area contributed by atoms with Gasteiger partial charge in [-0.25, -0.2) is 0 Å². The van der Waals surface area contributed by atoms with E-state index in [9.17, 15) is 14.7 Å². The topological polar surface area (TPSA) is 78.9 Å². The molecule has 0 spiro atoms. The molecule has 126 valence electrons. The molecule has 2 amide bonds. The minimum atomic E-state index is -0.714. The van der Waals surface area contributed by atoms with Crippen LogP contribution in [0, 0.1) is 0 Å². The number of aliphatic hydroxyl groups is 1. The second-order valence-electron chi connectivity index (χ2n) is 5.85. The van der Waals surface area contributed by atoms with Gasteiger partial charge in [0, 0.05) is 26.4 Å². The number of carbonyl (C=O) groups excluding carboxylic acids is 2. The predicted octanol–water partition coefficient (Wildman–Crippen LogP) is 0.726. The SMILES string of the molecule is COc1cccc(CCC(=O)N[C@@H]2CCN(C(C)=O)C[C@H]2O)c1. The van der Waals surface area contributed by atoms with Gasteiger partial charge in [0.2, 0.25) is 11.8 Å². The highest BCUT2D eigenvalue weighted by Crippen LogP contribution is 2.15. The highest BCUT2D eigenvalue weighted by molar-refractivity contribution is 5.77. The average Bonchev–Trinajstić information content (AvgIpc) is 2.55. The Kier molecular flexibility index (Phi) is 5.98. The molecule has 0 aliphatic carbocycles. The second kappa shape index (κ2) is 7.97. The molecule has 1 aliphatic rings. The van der Waals surface area contributed by atoms with Crippen LogP contribution in [0.25, 0.3) is 0 Å². The zero-order valence-electron chi connectivity index (χ0n) is 13.6. The summed E-state index contributed by atoms with van der Waals surface area (Å²) < 4.78 is 5.16. The number of nitrogens with one attached hydrogen (secondary N) is 1. The van der Waals surface area contributed by atoms with Crippen LogP contribution in [0.15, 0.2) is 24.3 Å². The number of β-amino-alcohol motifs (C(OH)–C–C–N with tert-alkyl or cyclic N) is 1. The lowest BCUT2D eigenvalue weighted by molar-refractivity contribution is -0.133. The molecule has 1 aliphatic heterocycles. The number of hydrogen-bond donors (Lipinski definition) is 2. The van der Waals surface area contributed by atoms with Gasteiger partial charge in [-0.2, -0.15) is 0 Å². The van der Waals surface area contributed by atoms with E-state index in [2.05, 4.69) is 5.32 Å². The molecular weight excluding hydrogens is 296 g/mol. The fourth-order valence-electron chi connectivity index (χ4n) is 2.75. The molecule has 23 heavy (non-hydrogen) atoms. The molecule has 6 heteroatoms. The smallest absolute Gasteiger partial charge is 0.220 e. The number of benzene rings is 1. The number of likely N-dealkylation sites (tertiary alicyclic amines) is 1. The summed E-state index contributed by atoms with van der Waals surface area (Å²) in [6.45, 7) is 2.32. The Morgan fingerprint density at radius 3 is 2.87 bits per heavy atom. The van der Waals surface area contributed by atoms with Crippen molar-refractivity contribution in [2.24, 2.45) is 0 Å². The van der Waals surface area contributed by atoms with Crippen LogP contribution in [-0.2, 0) is 16.0 Å². The minimum absolute atomic E-state index is 0.0492. The Morgan fingerprint density at radius 2 is 2.22 bits per heavy atom. The first kappa shape index (κ1) is 17.3. The first-order valence-corrected chi connectivity index (χ1v) is 7.85. The molecule has 1 heterocycles. The first-order chi connectivity index (χ1) is 11.0. The van der Waals surface area contributed by atoms with E-state index in [-0.39, 0.29) is 24.4 Å². The number of nitrogens with zero attached hydrogens (tertiary/aromatic N) is 1. The molecule has 0 unspecified atom stereocenters. The summed E-state index contributed by atoms with van der Waals surface area (Å²) in [5.41, 5.74) is 1.03. The van der Waals surface area contributed by atoms with Crippen molar-refractivity contribution in [2.45, 2.75) is 38.3 Å². The van der Waals surface area contributed by atoms with E-state index in [1.807, 2.05) is 24.3 Å². The Labute approximate surface area is 136 Å². The summed E-state index contributed by atoms with van der Waals surface area (Å²) in [6, 6.07) is 7.34. The zero-order chi connectivity index (χ0) is 16.8. The van der Waals surface area contributed by atoms with E-state index in [0.717, 1.165) is 11.3 Å². The van der Waals surface area contributed by atoms with Crippen LogP contribution >= 0.6 is 0 Å². The maximum atomic E-state index is 12.1. The summed E-state index contributed by atoms with van der Waals surface area (Å²) in [5, 5.41) is 12.9. The number of aryl methyl sites for hydroxylation is 1. The van der Waals surface area contributed by atoms with Gasteiger partial charge < -0.3 is 20.1 Å². The Bertz CT molecular complexity index is 561. The Hall–Kier alpha value is -2.08. The Morgan fingerprint density at radius 1 is 1.43 bits per heavy atom. The maximum absolute atomic E-state index is 12.1. The van der Waals surface area contributed by atoms with Crippen LogP contribution in [-0.4, -0.2) is 54.2 Å². The molecule has 0 radical (unpaired) electrons. The molecule has 1 saturated heterocycles. The minimum Gasteiger partial charge on any atom is -0.497 e. The van der Waals surface area contributed by atoms with Gasteiger partial charge in [0.25, 0.3) is 0 Å². The zero-order valence-corrected chi connectivity index (χ0v) is 13.6. The van der Waals surface area contributed by atoms with Crippen LogP contribution in [0.3, 0.4) is 0 Å². The molecule has 0 aromatic heterocycles. The quantitative estimate of drug-likeness (QED) is 0.838. The van der Waals surface area contributed by atoms with Gasteiger partial charge in [-0.05, 0) is 30.5 Å². The number of aliphatic hydroxyl groups excluding tert-OH is 1. The lowest BCUT2D eigenvalue weighted by Gasteiger charge is -2.35. The molecule has 1 aromatic carbocycles. The van der Waals surface area contributed by atoms with E-state index < -0.39 is 6.10 Å². The van der Waals surface area contributed by atoms with Crippen LogP contribution in [0.1, 0.15) is 25.3 Å². The summed E-state index contributed by atoms with van der Waals surface area (Å²) in [5.74, 6) is 0.634.